The topological polar surface area (TPSA) is 58.6 Å². The van der Waals surface area contributed by atoms with Crippen molar-refractivity contribution in [1.29, 1.82) is 0 Å². The van der Waals surface area contributed by atoms with Crippen LogP contribution in [0.1, 0.15) is 40.8 Å². The summed E-state index contributed by atoms with van der Waals surface area (Å²) >= 11 is 1.66. The molecule has 8 heteroatoms. The van der Waals surface area contributed by atoms with Gasteiger partial charge in [0.2, 0.25) is 0 Å². The van der Waals surface area contributed by atoms with Gasteiger partial charge in [-0.2, -0.15) is 0 Å². The molecule has 1 atom stereocenters. The molecule has 3 aromatic rings. The molecular weight excluding hydrogens is 403 g/mol. The maximum absolute atomic E-state index is 14.3. The number of piperazine rings is 1. The summed E-state index contributed by atoms with van der Waals surface area (Å²) in [6, 6.07) is 3.18. The van der Waals surface area contributed by atoms with Gasteiger partial charge in [0.15, 0.2) is 0 Å². The average molecular weight is 429 g/mol. The molecule has 1 aromatic carbocycles. The minimum atomic E-state index is -0.428. The van der Waals surface area contributed by atoms with E-state index in [2.05, 4.69) is 26.7 Å². The van der Waals surface area contributed by atoms with Crippen LogP contribution in [-0.2, 0) is 4.74 Å². The number of aromatic nitrogens is 2. The fourth-order valence-corrected chi connectivity index (χ4v) is 4.78. The Morgan fingerprint density at radius 3 is 2.70 bits per heavy atom. The zero-order valence-corrected chi connectivity index (χ0v) is 18.2. The lowest BCUT2D eigenvalue weighted by Crippen LogP contribution is -2.47. The van der Waals surface area contributed by atoms with Crippen LogP contribution in [0.5, 0.6) is 0 Å². The van der Waals surface area contributed by atoms with Gasteiger partial charge in [-0.25, -0.2) is 14.2 Å². The first-order valence-electron chi connectivity index (χ1n) is 10.1. The smallest absolute Gasteiger partial charge is 0.341 e. The van der Waals surface area contributed by atoms with E-state index in [0.29, 0.717) is 22.2 Å². The van der Waals surface area contributed by atoms with Crippen LogP contribution in [0.3, 0.4) is 0 Å². The predicted molar refractivity (Wildman–Crippen MR) is 117 cm³/mol. The molecule has 0 N–H and O–H groups in total. The maximum Gasteiger partial charge on any atom is 0.341 e. The highest BCUT2D eigenvalue weighted by Gasteiger charge is 2.28. The molecule has 0 bridgehead atoms. The van der Waals surface area contributed by atoms with Crippen LogP contribution < -0.4 is 4.90 Å². The van der Waals surface area contributed by atoms with Gasteiger partial charge in [0.1, 0.15) is 16.4 Å². The first-order chi connectivity index (χ1) is 14.5. The molecule has 3 heterocycles. The number of pyridine rings is 1. The summed E-state index contributed by atoms with van der Waals surface area (Å²) in [6.07, 6.45) is 3.39. The molecule has 1 aliphatic rings. The summed E-state index contributed by atoms with van der Waals surface area (Å²) in [5.41, 5.74) is 2.55. The van der Waals surface area contributed by atoms with E-state index < -0.39 is 5.97 Å². The lowest BCUT2D eigenvalue weighted by atomic mass is 10.0. The number of benzene rings is 1. The quantitative estimate of drug-likeness (QED) is 0.568. The monoisotopic (exact) mass is 428 g/mol. The number of aryl methyl sites for hydroxylation is 1. The normalized spacial score (nSPS) is 16.1. The highest BCUT2D eigenvalue weighted by Crippen LogP contribution is 2.34. The Morgan fingerprint density at radius 2 is 2.03 bits per heavy atom. The number of esters is 1. The Labute approximate surface area is 179 Å². The van der Waals surface area contributed by atoms with E-state index in [0.717, 1.165) is 36.8 Å². The minimum absolute atomic E-state index is 0.241. The molecule has 6 nitrogen and oxygen atoms in total. The number of ether oxygens (including phenoxy) is 1. The molecule has 1 unspecified atom stereocenters. The van der Waals surface area contributed by atoms with E-state index in [1.54, 1.807) is 24.5 Å². The van der Waals surface area contributed by atoms with Gasteiger partial charge in [0, 0.05) is 49.3 Å². The average Bonchev–Trinajstić information content (AvgIpc) is 3.27. The van der Waals surface area contributed by atoms with Crippen molar-refractivity contribution >= 4 is 33.9 Å². The van der Waals surface area contributed by atoms with Crippen LogP contribution in [0, 0.1) is 12.7 Å². The third-order valence-electron chi connectivity index (χ3n) is 5.58. The number of anilines is 1. The molecule has 30 heavy (non-hydrogen) atoms. The van der Waals surface area contributed by atoms with Crippen molar-refractivity contribution in [3.63, 3.8) is 0 Å². The van der Waals surface area contributed by atoms with Gasteiger partial charge < -0.3 is 9.64 Å². The van der Waals surface area contributed by atoms with E-state index in [9.17, 15) is 9.18 Å². The number of rotatable bonds is 5. The van der Waals surface area contributed by atoms with Crippen molar-refractivity contribution in [2.24, 2.45) is 0 Å². The zero-order valence-electron chi connectivity index (χ0n) is 17.4. The van der Waals surface area contributed by atoms with Gasteiger partial charge in [0.05, 0.1) is 23.9 Å². The van der Waals surface area contributed by atoms with E-state index >= 15 is 0 Å². The number of nitrogens with zero attached hydrogens (tertiary/aromatic N) is 4. The molecule has 2 aromatic heterocycles. The molecule has 0 saturated carbocycles. The van der Waals surface area contributed by atoms with Gasteiger partial charge in [0.25, 0.3) is 0 Å². The van der Waals surface area contributed by atoms with Crippen LogP contribution in [-0.4, -0.2) is 53.6 Å². The van der Waals surface area contributed by atoms with Crippen LogP contribution in [0.2, 0.25) is 0 Å². The van der Waals surface area contributed by atoms with Crippen LogP contribution in [0.25, 0.3) is 10.9 Å². The van der Waals surface area contributed by atoms with Crippen molar-refractivity contribution in [3.05, 3.63) is 51.9 Å². The molecule has 0 spiro atoms. The SMILES string of the molecule is CCOC(=O)c1cnc2c(C)cc(F)cc2c1N1CCN(C(C)c2nccs2)CC1. The van der Waals surface area contributed by atoms with Crippen molar-refractivity contribution in [2.45, 2.75) is 26.8 Å². The Hall–Kier alpha value is -2.58. The highest BCUT2D eigenvalue weighted by molar-refractivity contribution is 7.09. The largest absolute Gasteiger partial charge is 0.462 e. The van der Waals surface area contributed by atoms with Gasteiger partial charge >= 0.3 is 5.97 Å². The lowest BCUT2D eigenvalue weighted by Gasteiger charge is -2.39. The number of carbonyl (C=O) groups excluding carboxylic acids is 1. The van der Waals surface area contributed by atoms with Crippen LogP contribution in [0.15, 0.2) is 29.9 Å². The fourth-order valence-electron chi connectivity index (χ4n) is 4.05. The third-order valence-corrected chi connectivity index (χ3v) is 6.53. The summed E-state index contributed by atoms with van der Waals surface area (Å²) < 4.78 is 19.5. The molecule has 1 saturated heterocycles. The van der Waals surface area contributed by atoms with E-state index in [4.69, 9.17) is 4.74 Å². The molecule has 4 rings (SSSR count). The molecule has 1 fully saturated rings. The Balaban J connectivity index is 1.68. The second kappa shape index (κ2) is 8.65. The van der Waals surface area contributed by atoms with Crippen LogP contribution >= 0.6 is 11.3 Å². The fraction of sp³-hybridized carbons (Fsp3) is 0.409. The minimum Gasteiger partial charge on any atom is -0.462 e. The first-order valence-corrected chi connectivity index (χ1v) is 11.0. The summed E-state index contributed by atoms with van der Waals surface area (Å²) in [6.45, 7) is 9.13. The van der Waals surface area contributed by atoms with E-state index in [1.807, 2.05) is 18.5 Å². The van der Waals surface area contributed by atoms with Gasteiger partial charge in [-0.3, -0.25) is 9.88 Å². The van der Waals surface area contributed by atoms with Crippen molar-refractivity contribution < 1.29 is 13.9 Å². The van der Waals surface area contributed by atoms with Gasteiger partial charge in [-0.05, 0) is 38.5 Å². The number of hydrogen-bond acceptors (Lipinski definition) is 7. The summed E-state index contributed by atoms with van der Waals surface area (Å²) in [5, 5.41) is 3.75. The number of halogens is 1. The standard InChI is InChI=1S/C22H25FN4O2S/c1-4-29-22(28)18-13-25-19-14(2)11-16(23)12-17(19)20(18)27-8-6-26(7-9-27)15(3)21-24-5-10-30-21/h5,10-13,15H,4,6-9H2,1-3H3. The number of fused-ring (bicyclic) bond motifs is 1. The molecule has 0 radical (unpaired) electrons. The molecule has 0 amide bonds. The lowest BCUT2D eigenvalue weighted by molar-refractivity contribution is 0.0526. The summed E-state index contributed by atoms with van der Waals surface area (Å²) in [4.78, 5) is 26.1. The van der Waals surface area contributed by atoms with Crippen molar-refractivity contribution in [2.75, 3.05) is 37.7 Å². The Bertz CT molecular complexity index is 1050. The molecule has 158 valence electrons. The number of carbonyl (C=O) groups is 1. The predicted octanol–water partition coefficient (Wildman–Crippen LogP) is 4.20. The Morgan fingerprint density at radius 1 is 1.27 bits per heavy atom. The van der Waals surface area contributed by atoms with Crippen molar-refractivity contribution in [3.8, 4) is 0 Å². The Kier molecular flexibility index (Phi) is 5.97. The highest BCUT2D eigenvalue weighted by atomic mass is 32.1. The molecule has 0 aliphatic carbocycles. The van der Waals surface area contributed by atoms with Crippen molar-refractivity contribution in [1.82, 2.24) is 14.9 Å². The third kappa shape index (κ3) is 3.89. The summed E-state index contributed by atoms with van der Waals surface area (Å²) in [7, 11) is 0. The first kappa shape index (κ1) is 20.7. The summed E-state index contributed by atoms with van der Waals surface area (Å²) in [5.74, 6) is -0.762. The number of thiazole rings is 1. The molecule has 1 aliphatic heterocycles. The zero-order chi connectivity index (χ0) is 21.3. The van der Waals surface area contributed by atoms with Crippen LogP contribution in [0.4, 0.5) is 10.1 Å². The second-order valence-corrected chi connectivity index (χ2v) is 8.36. The number of hydrogen-bond donors (Lipinski definition) is 0. The van der Waals surface area contributed by atoms with E-state index in [1.165, 1.54) is 12.1 Å². The maximum atomic E-state index is 14.3. The van der Waals surface area contributed by atoms with Gasteiger partial charge in [-0.1, -0.05) is 0 Å². The van der Waals surface area contributed by atoms with Gasteiger partial charge in [-0.15, -0.1) is 11.3 Å². The molecular formula is C22H25FN4O2S. The van der Waals surface area contributed by atoms with E-state index in [-0.39, 0.29) is 18.5 Å². The second-order valence-electron chi connectivity index (χ2n) is 7.43.